The molecule has 0 saturated heterocycles. The minimum Gasteiger partial charge on any atom is -0.478 e. The predicted molar refractivity (Wildman–Crippen MR) is 112 cm³/mol. The monoisotopic (exact) mass is 453 g/mol. The Kier molecular flexibility index (Phi) is 8.21. The van der Waals surface area contributed by atoms with E-state index in [0.717, 1.165) is 5.69 Å². The molecule has 0 aliphatic rings. The molecule has 0 aliphatic carbocycles. The molecular formula is C19H14Cl3N3O4. The van der Waals surface area contributed by atoms with E-state index < -0.39 is 11.9 Å². The van der Waals surface area contributed by atoms with Crippen molar-refractivity contribution < 1.29 is 19.4 Å². The molecule has 0 bridgehead atoms. The molecule has 10 heteroatoms. The maximum absolute atomic E-state index is 11.0. The number of para-hydroxylation sites is 1. The lowest BCUT2D eigenvalue weighted by Crippen LogP contribution is -2.04. The van der Waals surface area contributed by atoms with E-state index >= 15 is 0 Å². The third-order valence-electron chi connectivity index (χ3n) is 3.33. The molecule has 3 rings (SSSR count). The van der Waals surface area contributed by atoms with Gasteiger partial charge in [-0.15, -0.1) is 0 Å². The summed E-state index contributed by atoms with van der Waals surface area (Å²) < 4.78 is 4.45. The van der Waals surface area contributed by atoms with Crippen LogP contribution in [0.25, 0.3) is 0 Å². The van der Waals surface area contributed by atoms with Crippen molar-refractivity contribution >= 4 is 58.2 Å². The topological polar surface area (TPSA) is 101 Å². The number of pyridine rings is 2. The fourth-order valence-electron chi connectivity index (χ4n) is 2.04. The zero-order chi connectivity index (χ0) is 21.4. The lowest BCUT2D eigenvalue weighted by atomic mass is 10.2. The van der Waals surface area contributed by atoms with Gasteiger partial charge in [-0.1, -0.05) is 53.0 Å². The van der Waals surface area contributed by atoms with Gasteiger partial charge in [-0.3, -0.25) is 0 Å². The Bertz CT molecular complexity index is 1020. The van der Waals surface area contributed by atoms with Crippen LogP contribution in [0.5, 0.6) is 0 Å². The molecular weight excluding hydrogens is 441 g/mol. The van der Waals surface area contributed by atoms with Crippen LogP contribution >= 0.6 is 34.8 Å². The third kappa shape index (κ3) is 6.60. The second-order valence-electron chi connectivity index (χ2n) is 5.33. The van der Waals surface area contributed by atoms with Crippen molar-refractivity contribution in [2.45, 2.75) is 0 Å². The van der Waals surface area contributed by atoms with E-state index in [0.29, 0.717) is 10.0 Å². The molecule has 0 spiro atoms. The molecule has 0 aliphatic heterocycles. The van der Waals surface area contributed by atoms with Crippen molar-refractivity contribution in [1.29, 1.82) is 0 Å². The van der Waals surface area contributed by atoms with Gasteiger partial charge >= 0.3 is 11.9 Å². The predicted octanol–water partition coefficient (Wildman–Crippen LogP) is 5.35. The molecule has 2 N–H and O–H groups in total. The van der Waals surface area contributed by atoms with Crippen LogP contribution in [-0.4, -0.2) is 34.1 Å². The van der Waals surface area contributed by atoms with E-state index in [1.54, 1.807) is 0 Å². The van der Waals surface area contributed by atoms with E-state index in [4.69, 9.17) is 39.9 Å². The summed E-state index contributed by atoms with van der Waals surface area (Å²) in [5.74, 6) is -1.35. The lowest BCUT2D eigenvalue weighted by Gasteiger charge is -2.08. The summed E-state index contributed by atoms with van der Waals surface area (Å²) in [4.78, 5) is 29.7. The number of benzene rings is 1. The SMILES string of the molecule is COC(=O)c1cc(Cl)cnc1Cl.O=C(O)c1cc(Cl)cnc1Nc1ccccc1. The van der Waals surface area contributed by atoms with Crippen LogP contribution in [-0.2, 0) is 4.74 Å². The Balaban J connectivity index is 0.000000221. The second kappa shape index (κ2) is 10.6. The number of ether oxygens (including phenoxy) is 1. The number of rotatable bonds is 4. The highest BCUT2D eigenvalue weighted by Gasteiger charge is 2.12. The highest BCUT2D eigenvalue weighted by Crippen LogP contribution is 2.21. The first kappa shape index (κ1) is 22.4. The van der Waals surface area contributed by atoms with Crippen LogP contribution in [0, 0.1) is 0 Å². The Morgan fingerprint density at radius 2 is 1.55 bits per heavy atom. The number of nitrogens with one attached hydrogen (secondary N) is 1. The van der Waals surface area contributed by atoms with Crippen LogP contribution in [0.2, 0.25) is 15.2 Å². The van der Waals surface area contributed by atoms with Gasteiger partial charge in [0.05, 0.1) is 22.7 Å². The fraction of sp³-hybridized carbons (Fsp3) is 0.0526. The van der Waals surface area contributed by atoms with Gasteiger partial charge in [-0.25, -0.2) is 19.6 Å². The fourth-order valence-corrected chi connectivity index (χ4v) is 2.53. The summed E-state index contributed by atoms with van der Waals surface area (Å²) in [5.41, 5.74) is 0.984. The maximum atomic E-state index is 11.0. The quantitative estimate of drug-likeness (QED) is 0.404. The number of carbonyl (C=O) groups is 2. The van der Waals surface area contributed by atoms with Crippen LogP contribution in [0.15, 0.2) is 54.9 Å². The molecule has 29 heavy (non-hydrogen) atoms. The molecule has 0 saturated carbocycles. The van der Waals surface area contributed by atoms with Crippen molar-refractivity contribution in [3.8, 4) is 0 Å². The van der Waals surface area contributed by atoms with Gasteiger partial charge in [0.25, 0.3) is 0 Å². The van der Waals surface area contributed by atoms with Crippen molar-refractivity contribution in [1.82, 2.24) is 9.97 Å². The van der Waals surface area contributed by atoms with Crippen molar-refractivity contribution in [3.05, 3.63) is 81.2 Å². The van der Waals surface area contributed by atoms with Gasteiger partial charge in [0, 0.05) is 18.1 Å². The van der Waals surface area contributed by atoms with Gasteiger partial charge in [0.2, 0.25) is 0 Å². The number of methoxy groups -OCH3 is 1. The zero-order valence-corrected chi connectivity index (χ0v) is 17.2. The summed E-state index contributed by atoms with van der Waals surface area (Å²) >= 11 is 16.9. The molecule has 2 heterocycles. The van der Waals surface area contributed by atoms with E-state index in [2.05, 4.69) is 20.0 Å². The molecule has 0 amide bonds. The number of halogens is 3. The van der Waals surface area contributed by atoms with Gasteiger partial charge in [0.15, 0.2) is 0 Å². The maximum Gasteiger partial charge on any atom is 0.341 e. The molecule has 1 aromatic carbocycles. The number of hydrogen-bond acceptors (Lipinski definition) is 6. The number of nitrogens with zero attached hydrogens (tertiary/aromatic N) is 2. The normalized spacial score (nSPS) is 9.79. The Morgan fingerprint density at radius 1 is 0.966 bits per heavy atom. The van der Waals surface area contributed by atoms with Crippen LogP contribution < -0.4 is 5.32 Å². The summed E-state index contributed by atoms with van der Waals surface area (Å²) in [5, 5.41) is 12.7. The number of esters is 1. The number of anilines is 2. The first-order chi connectivity index (χ1) is 13.8. The van der Waals surface area contributed by atoms with Gasteiger partial charge in [-0.2, -0.15) is 0 Å². The van der Waals surface area contributed by atoms with E-state index in [1.165, 1.54) is 31.6 Å². The molecule has 150 valence electrons. The van der Waals surface area contributed by atoms with Crippen molar-refractivity contribution in [2.75, 3.05) is 12.4 Å². The first-order valence-electron chi connectivity index (χ1n) is 7.92. The number of carboxylic acid groups (broad SMARTS) is 1. The molecule has 2 aromatic heterocycles. The first-order valence-corrected chi connectivity index (χ1v) is 9.05. The van der Waals surface area contributed by atoms with Crippen molar-refractivity contribution in [3.63, 3.8) is 0 Å². The smallest absolute Gasteiger partial charge is 0.341 e. The Hall–Kier alpha value is -2.87. The highest BCUT2D eigenvalue weighted by molar-refractivity contribution is 6.34. The molecule has 0 radical (unpaired) electrons. The average Bonchev–Trinajstić information content (AvgIpc) is 2.71. The van der Waals surface area contributed by atoms with Crippen LogP contribution in [0.1, 0.15) is 20.7 Å². The van der Waals surface area contributed by atoms with Crippen LogP contribution in [0.4, 0.5) is 11.5 Å². The van der Waals surface area contributed by atoms with Gasteiger partial charge in [0.1, 0.15) is 16.5 Å². The minimum absolute atomic E-state index is 0.0429. The third-order valence-corrected chi connectivity index (χ3v) is 4.05. The number of carbonyl (C=O) groups excluding carboxylic acids is 1. The zero-order valence-electron chi connectivity index (χ0n) is 14.9. The standard InChI is InChI=1S/C12H9ClN2O2.C7H5Cl2NO2/c13-8-6-10(12(16)17)11(14-7-8)15-9-4-2-1-3-5-9;1-12-7(11)5-2-4(8)3-10-6(5)9/h1-7H,(H,14,15)(H,16,17);2-3H,1H3. The van der Waals surface area contributed by atoms with Gasteiger partial charge in [-0.05, 0) is 24.3 Å². The second-order valence-corrected chi connectivity index (χ2v) is 6.56. The summed E-state index contributed by atoms with van der Waals surface area (Å²) in [6.07, 6.45) is 2.76. The largest absolute Gasteiger partial charge is 0.478 e. The number of aromatic nitrogens is 2. The number of hydrogen-bond donors (Lipinski definition) is 2. The van der Waals surface area contributed by atoms with E-state index in [9.17, 15) is 9.59 Å². The Labute approximate surface area is 181 Å². The highest BCUT2D eigenvalue weighted by atomic mass is 35.5. The summed E-state index contributed by atoms with van der Waals surface area (Å²) in [6, 6.07) is 12.0. The molecule has 0 fully saturated rings. The lowest BCUT2D eigenvalue weighted by molar-refractivity contribution is 0.0599. The number of carboxylic acids is 1. The summed E-state index contributed by atoms with van der Waals surface area (Å²) in [7, 11) is 1.26. The molecule has 3 aromatic rings. The van der Waals surface area contributed by atoms with E-state index in [1.807, 2.05) is 30.3 Å². The van der Waals surface area contributed by atoms with Crippen LogP contribution in [0.3, 0.4) is 0 Å². The minimum atomic E-state index is -1.07. The molecule has 0 atom stereocenters. The average molecular weight is 455 g/mol. The Morgan fingerprint density at radius 3 is 2.14 bits per heavy atom. The summed E-state index contributed by atoms with van der Waals surface area (Å²) in [6.45, 7) is 0. The molecule has 7 nitrogen and oxygen atoms in total. The van der Waals surface area contributed by atoms with Crippen molar-refractivity contribution in [2.24, 2.45) is 0 Å². The number of aromatic carboxylic acids is 1. The van der Waals surface area contributed by atoms with E-state index in [-0.39, 0.29) is 22.1 Å². The molecule has 0 unspecified atom stereocenters. The van der Waals surface area contributed by atoms with Gasteiger partial charge < -0.3 is 15.2 Å².